The number of imidazole rings is 1. The first-order chi connectivity index (χ1) is 12.6. The van der Waals surface area contributed by atoms with E-state index < -0.39 is 11.6 Å². The third-order valence-corrected chi connectivity index (χ3v) is 4.23. The molecule has 132 valence electrons. The average Bonchev–Trinajstić information content (AvgIpc) is 3.07. The van der Waals surface area contributed by atoms with Crippen LogP contribution in [-0.4, -0.2) is 20.9 Å². The number of hydrogen-bond donors (Lipinski definition) is 1. The summed E-state index contributed by atoms with van der Waals surface area (Å²) in [4.78, 5) is 9.10. The fourth-order valence-electron chi connectivity index (χ4n) is 2.99. The highest BCUT2D eigenvalue weighted by Crippen LogP contribution is 2.30. The molecule has 0 unspecified atom stereocenters. The van der Waals surface area contributed by atoms with E-state index in [0.717, 1.165) is 23.6 Å². The van der Waals surface area contributed by atoms with Crippen molar-refractivity contribution in [3.63, 3.8) is 0 Å². The van der Waals surface area contributed by atoms with Crippen molar-refractivity contribution in [1.29, 1.82) is 0 Å². The minimum atomic E-state index is -0.883. The number of nitrogens with zero attached hydrogens (tertiary/aromatic N) is 3. The first-order valence-corrected chi connectivity index (χ1v) is 8.50. The van der Waals surface area contributed by atoms with E-state index in [1.807, 2.05) is 28.7 Å². The molecule has 0 fully saturated rings. The van der Waals surface area contributed by atoms with Gasteiger partial charge in [0.15, 0.2) is 23.1 Å². The van der Waals surface area contributed by atoms with Crippen molar-refractivity contribution in [2.24, 2.45) is 5.92 Å². The van der Waals surface area contributed by atoms with Crippen LogP contribution in [0.15, 0.2) is 48.7 Å². The highest BCUT2D eigenvalue weighted by atomic mass is 19.2. The second kappa shape index (κ2) is 6.37. The van der Waals surface area contributed by atoms with Gasteiger partial charge in [-0.25, -0.2) is 18.7 Å². The van der Waals surface area contributed by atoms with Crippen LogP contribution in [0.1, 0.15) is 13.8 Å². The topological polar surface area (TPSA) is 42.2 Å². The van der Waals surface area contributed by atoms with Crippen molar-refractivity contribution >= 4 is 22.5 Å². The Morgan fingerprint density at radius 1 is 1.08 bits per heavy atom. The van der Waals surface area contributed by atoms with Crippen molar-refractivity contribution in [2.75, 3.05) is 11.9 Å². The van der Waals surface area contributed by atoms with Gasteiger partial charge in [0.25, 0.3) is 0 Å². The molecule has 2 heterocycles. The van der Waals surface area contributed by atoms with E-state index in [-0.39, 0.29) is 5.56 Å². The quantitative estimate of drug-likeness (QED) is 0.568. The molecule has 0 aliphatic heterocycles. The highest BCUT2D eigenvalue weighted by molar-refractivity contribution is 5.86. The minimum absolute atomic E-state index is 0.170. The fraction of sp³-hybridized carbons (Fsp3) is 0.200. The largest absolute Gasteiger partial charge is 0.367 e. The van der Waals surface area contributed by atoms with Gasteiger partial charge in [-0.1, -0.05) is 32.0 Å². The maximum atomic E-state index is 14.4. The third-order valence-electron chi connectivity index (χ3n) is 4.23. The van der Waals surface area contributed by atoms with Crippen LogP contribution in [0.2, 0.25) is 0 Å². The maximum absolute atomic E-state index is 14.4. The van der Waals surface area contributed by atoms with Gasteiger partial charge in [0.2, 0.25) is 0 Å². The smallest absolute Gasteiger partial charge is 0.181 e. The van der Waals surface area contributed by atoms with Gasteiger partial charge in [-0.15, -0.1) is 0 Å². The fourth-order valence-corrected chi connectivity index (χ4v) is 2.99. The van der Waals surface area contributed by atoms with Crippen molar-refractivity contribution in [3.8, 4) is 11.3 Å². The number of hydrogen-bond acceptors (Lipinski definition) is 3. The molecule has 4 aromatic rings. The first-order valence-electron chi connectivity index (χ1n) is 8.50. The van der Waals surface area contributed by atoms with Crippen molar-refractivity contribution in [1.82, 2.24) is 14.4 Å². The molecule has 2 aromatic heterocycles. The van der Waals surface area contributed by atoms with Gasteiger partial charge in [-0.2, -0.15) is 0 Å². The lowest BCUT2D eigenvalue weighted by atomic mass is 10.1. The molecular weight excluding hydrogens is 334 g/mol. The summed E-state index contributed by atoms with van der Waals surface area (Å²) in [6, 6.07) is 11.7. The molecule has 6 heteroatoms. The number of anilines is 1. The standard InChI is InChI=1S/C20H18F2N4/c1-12(2)10-23-19-20-24-11-17(13-6-5-7-14(21)18(13)22)26(20)16-9-4-3-8-15(16)25-19/h3-9,11-12H,10H2,1-2H3,(H,23,25). The first kappa shape index (κ1) is 16.4. The molecule has 2 aromatic carbocycles. The summed E-state index contributed by atoms with van der Waals surface area (Å²) in [6.45, 7) is 4.94. The predicted molar refractivity (Wildman–Crippen MR) is 99.2 cm³/mol. The van der Waals surface area contributed by atoms with Gasteiger partial charge in [-0.3, -0.25) is 4.40 Å². The van der Waals surface area contributed by atoms with Crippen LogP contribution in [0.25, 0.3) is 27.9 Å². The minimum Gasteiger partial charge on any atom is -0.367 e. The molecule has 4 rings (SSSR count). The molecular formula is C20H18F2N4. The van der Waals surface area contributed by atoms with Crippen LogP contribution in [0.3, 0.4) is 0 Å². The summed E-state index contributed by atoms with van der Waals surface area (Å²) in [7, 11) is 0. The van der Waals surface area contributed by atoms with E-state index in [1.165, 1.54) is 6.07 Å². The van der Waals surface area contributed by atoms with Gasteiger partial charge >= 0.3 is 0 Å². The monoisotopic (exact) mass is 352 g/mol. The summed E-state index contributed by atoms with van der Waals surface area (Å²) < 4.78 is 30.0. The van der Waals surface area contributed by atoms with Crippen molar-refractivity contribution < 1.29 is 8.78 Å². The molecule has 0 aliphatic rings. The average molecular weight is 352 g/mol. The van der Waals surface area contributed by atoms with Gasteiger partial charge < -0.3 is 5.32 Å². The molecule has 0 amide bonds. The second-order valence-corrected chi connectivity index (χ2v) is 6.63. The molecule has 0 saturated carbocycles. The van der Waals surface area contributed by atoms with E-state index in [1.54, 1.807) is 12.3 Å². The number of nitrogens with one attached hydrogen (secondary N) is 1. The van der Waals surface area contributed by atoms with Crippen LogP contribution in [0.5, 0.6) is 0 Å². The highest BCUT2D eigenvalue weighted by Gasteiger charge is 2.18. The van der Waals surface area contributed by atoms with Gasteiger partial charge in [0.05, 0.1) is 22.9 Å². The third kappa shape index (κ3) is 2.67. The zero-order valence-corrected chi connectivity index (χ0v) is 14.5. The molecule has 0 atom stereocenters. The van der Waals surface area contributed by atoms with Crippen molar-refractivity contribution in [3.05, 3.63) is 60.3 Å². The summed E-state index contributed by atoms with van der Waals surface area (Å²) in [6.07, 6.45) is 1.56. The van der Waals surface area contributed by atoms with Gasteiger partial charge in [0.1, 0.15) is 0 Å². The number of para-hydroxylation sites is 2. The van der Waals surface area contributed by atoms with Crippen LogP contribution < -0.4 is 5.32 Å². The summed E-state index contributed by atoms with van der Waals surface area (Å²) >= 11 is 0. The van der Waals surface area contributed by atoms with Gasteiger partial charge in [-0.05, 0) is 30.2 Å². The Balaban J connectivity index is 2.02. The van der Waals surface area contributed by atoms with E-state index in [2.05, 4.69) is 29.1 Å². The lowest BCUT2D eigenvalue weighted by Gasteiger charge is -2.13. The molecule has 0 bridgehead atoms. The Morgan fingerprint density at radius 3 is 2.69 bits per heavy atom. The van der Waals surface area contributed by atoms with Gasteiger partial charge in [0, 0.05) is 12.1 Å². The molecule has 0 spiro atoms. The van der Waals surface area contributed by atoms with Crippen LogP contribution in [-0.2, 0) is 0 Å². The Kier molecular flexibility index (Phi) is 4.03. The van der Waals surface area contributed by atoms with Crippen molar-refractivity contribution in [2.45, 2.75) is 13.8 Å². The Labute approximate surface area is 149 Å². The molecule has 1 N–H and O–H groups in total. The number of fused-ring (bicyclic) bond motifs is 3. The summed E-state index contributed by atoms with van der Waals surface area (Å²) in [5.74, 6) is -0.709. The number of rotatable bonds is 4. The maximum Gasteiger partial charge on any atom is 0.181 e. The summed E-state index contributed by atoms with van der Waals surface area (Å²) in [5, 5.41) is 3.31. The van der Waals surface area contributed by atoms with E-state index in [4.69, 9.17) is 0 Å². The predicted octanol–water partition coefficient (Wildman–Crippen LogP) is 4.90. The Morgan fingerprint density at radius 2 is 1.88 bits per heavy atom. The van der Waals surface area contributed by atoms with Crippen LogP contribution >= 0.6 is 0 Å². The molecule has 26 heavy (non-hydrogen) atoms. The molecule has 0 aliphatic carbocycles. The lowest BCUT2D eigenvalue weighted by Crippen LogP contribution is -2.11. The second-order valence-electron chi connectivity index (χ2n) is 6.63. The number of halogens is 2. The van der Waals surface area contributed by atoms with E-state index >= 15 is 0 Å². The normalized spacial score (nSPS) is 11.6. The Bertz CT molecular complexity index is 1100. The van der Waals surface area contributed by atoms with E-state index in [9.17, 15) is 8.78 Å². The zero-order chi connectivity index (χ0) is 18.3. The number of aromatic nitrogens is 3. The van der Waals surface area contributed by atoms with Crippen LogP contribution in [0.4, 0.5) is 14.6 Å². The zero-order valence-electron chi connectivity index (χ0n) is 14.5. The Hall–Kier alpha value is -3.02. The molecule has 0 radical (unpaired) electrons. The number of benzene rings is 2. The van der Waals surface area contributed by atoms with E-state index in [0.29, 0.717) is 23.1 Å². The lowest BCUT2D eigenvalue weighted by molar-refractivity contribution is 0.511. The van der Waals surface area contributed by atoms with Crippen LogP contribution in [0, 0.1) is 17.6 Å². The SMILES string of the molecule is CC(C)CNc1nc2ccccc2n2c(-c3cccc(F)c3F)cnc12. The molecule has 4 nitrogen and oxygen atoms in total. The summed E-state index contributed by atoms with van der Waals surface area (Å²) in [5.41, 5.74) is 2.78. The molecule has 0 saturated heterocycles.